The first kappa shape index (κ1) is 12.7. The lowest BCUT2D eigenvalue weighted by Gasteiger charge is -2.08. The van der Waals surface area contributed by atoms with Crippen LogP contribution in [0.5, 0.6) is 5.75 Å². The van der Waals surface area contributed by atoms with Crippen LogP contribution in [0, 0.1) is 0 Å². The van der Waals surface area contributed by atoms with Crippen molar-refractivity contribution in [3.05, 3.63) is 44.3 Å². The smallest absolute Gasteiger partial charge is 0.255 e. The number of rotatable bonds is 2. The second-order valence-electron chi connectivity index (χ2n) is 4.18. The highest BCUT2D eigenvalue weighted by Crippen LogP contribution is 2.31. The number of hydrogen-bond donors (Lipinski definition) is 1. The molecule has 1 aliphatic heterocycles. The molecular formula is C13H11BrN2O2S. The number of ether oxygens (including phenoxy) is 1. The molecule has 0 unspecified atom stereocenters. The SMILES string of the molecule is COc1ccc(Br)c(-c2nc3c(c(=O)[nH]2)CSC3)c1. The molecule has 1 N–H and O–H groups in total. The topological polar surface area (TPSA) is 55.0 Å². The Labute approximate surface area is 122 Å². The van der Waals surface area contributed by atoms with E-state index in [2.05, 4.69) is 25.9 Å². The fraction of sp³-hybridized carbons (Fsp3) is 0.231. The van der Waals surface area contributed by atoms with Gasteiger partial charge in [-0.15, -0.1) is 0 Å². The number of thioether (sulfide) groups is 1. The fourth-order valence-corrected chi connectivity index (χ4v) is 3.47. The van der Waals surface area contributed by atoms with Crippen molar-refractivity contribution in [2.75, 3.05) is 7.11 Å². The molecule has 1 aromatic carbocycles. The Morgan fingerprint density at radius 1 is 1.42 bits per heavy atom. The highest BCUT2D eigenvalue weighted by Gasteiger charge is 2.19. The summed E-state index contributed by atoms with van der Waals surface area (Å²) >= 11 is 5.19. The van der Waals surface area contributed by atoms with Gasteiger partial charge in [0.2, 0.25) is 0 Å². The maximum atomic E-state index is 12.0. The van der Waals surface area contributed by atoms with Crippen LogP contribution in [0.1, 0.15) is 11.3 Å². The lowest BCUT2D eigenvalue weighted by Crippen LogP contribution is -2.15. The van der Waals surface area contributed by atoms with Gasteiger partial charge in [-0.2, -0.15) is 11.8 Å². The Bertz CT molecular complexity index is 700. The first-order chi connectivity index (χ1) is 9.19. The van der Waals surface area contributed by atoms with Crippen LogP contribution in [-0.2, 0) is 11.5 Å². The van der Waals surface area contributed by atoms with Crippen molar-refractivity contribution in [2.45, 2.75) is 11.5 Å². The average Bonchev–Trinajstić information content (AvgIpc) is 2.88. The van der Waals surface area contributed by atoms with Crippen molar-refractivity contribution in [1.82, 2.24) is 9.97 Å². The van der Waals surface area contributed by atoms with Gasteiger partial charge in [-0.25, -0.2) is 4.98 Å². The molecule has 0 saturated carbocycles. The number of nitrogens with zero attached hydrogens (tertiary/aromatic N) is 1. The number of halogens is 1. The van der Waals surface area contributed by atoms with Gasteiger partial charge in [-0.1, -0.05) is 15.9 Å². The van der Waals surface area contributed by atoms with E-state index >= 15 is 0 Å². The molecule has 98 valence electrons. The summed E-state index contributed by atoms with van der Waals surface area (Å²) in [7, 11) is 1.61. The standard InChI is InChI=1S/C13H11BrN2O2S/c1-18-7-2-3-10(14)8(4-7)12-15-11-6-19-5-9(11)13(17)16-12/h2-4H,5-6H2,1H3,(H,15,16,17). The Morgan fingerprint density at radius 3 is 3.05 bits per heavy atom. The van der Waals surface area contributed by atoms with E-state index in [-0.39, 0.29) is 5.56 Å². The van der Waals surface area contributed by atoms with Crippen LogP contribution in [-0.4, -0.2) is 17.1 Å². The highest BCUT2D eigenvalue weighted by molar-refractivity contribution is 9.10. The average molecular weight is 339 g/mol. The summed E-state index contributed by atoms with van der Waals surface area (Å²) in [5.41, 5.74) is 2.47. The van der Waals surface area contributed by atoms with Gasteiger partial charge in [0.05, 0.1) is 12.8 Å². The van der Waals surface area contributed by atoms with Crippen LogP contribution < -0.4 is 10.3 Å². The molecule has 0 bridgehead atoms. The monoisotopic (exact) mass is 338 g/mol. The van der Waals surface area contributed by atoms with E-state index in [4.69, 9.17) is 4.74 Å². The van der Waals surface area contributed by atoms with E-state index in [1.54, 1.807) is 18.9 Å². The zero-order valence-electron chi connectivity index (χ0n) is 10.2. The Kier molecular flexibility index (Phi) is 3.36. The van der Waals surface area contributed by atoms with Gasteiger partial charge in [-0.05, 0) is 18.2 Å². The lowest BCUT2D eigenvalue weighted by atomic mass is 10.2. The van der Waals surface area contributed by atoms with Gasteiger partial charge >= 0.3 is 0 Å². The van der Waals surface area contributed by atoms with E-state index in [9.17, 15) is 4.79 Å². The zero-order valence-corrected chi connectivity index (χ0v) is 12.6. The van der Waals surface area contributed by atoms with E-state index in [1.165, 1.54) is 0 Å². The Hall–Kier alpha value is -1.27. The van der Waals surface area contributed by atoms with Crippen LogP contribution in [0.25, 0.3) is 11.4 Å². The summed E-state index contributed by atoms with van der Waals surface area (Å²) in [5.74, 6) is 2.86. The maximum Gasteiger partial charge on any atom is 0.255 e. The fourth-order valence-electron chi connectivity index (χ4n) is 2.00. The number of hydrogen-bond acceptors (Lipinski definition) is 4. The van der Waals surface area contributed by atoms with Gasteiger partial charge < -0.3 is 9.72 Å². The molecule has 2 aromatic rings. The number of H-pyrrole nitrogens is 1. The minimum atomic E-state index is -0.0419. The van der Waals surface area contributed by atoms with Crippen LogP contribution >= 0.6 is 27.7 Å². The number of fused-ring (bicyclic) bond motifs is 1. The molecule has 0 fully saturated rings. The summed E-state index contributed by atoms with van der Waals surface area (Å²) < 4.78 is 6.09. The highest BCUT2D eigenvalue weighted by atomic mass is 79.9. The van der Waals surface area contributed by atoms with Crippen molar-refractivity contribution in [2.24, 2.45) is 0 Å². The number of aromatic nitrogens is 2. The maximum absolute atomic E-state index is 12.0. The summed E-state index contributed by atoms with van der Waals surface area (Å²) in [5, 5.41) is 0. The second kappa shape index (κ2) is 5.02. The minimum Gasteiger partial charge on any atom is -0.497 e. The Balaban J connectivity index is 2.17. The van der Waals surface area contributed by atoms with E-state index < -0.39 is 0 Å². The molecule has 0 amide bonds. The number of benzene rings is 1. The summed E-state index contributed by atoms with van der Waals surface area (Å²) in [6.07, 6.45) is 0. The molecule has 6 heteroatoms. The van der Waals surface area contributed by atoms with Crippen LogP contribution in [0.2, 0.25) is 0 Å². The molecule has 2 heterocycles. The first-order valence-corrected chi connectivity index (χ1v) is 7.67. The molecule has 0 atom stereocenters. The third kappa shape index (κ3) is 2.30. The van der Waals surface area contributed by atoms with Gasteiger partial charge in [0, 0.05) is 27.1 Å². The normalized spacial score (nSPS) is 13.4. The predicted molar refractivity (Wildman–Crippen MR) is 79.5 cm³/mol. The number of methoxy groups -OCH3 is 1. The largest absolute Gasteiger partial charge is 0.497 e. The molecule has 0 saturated heterocycles. The van der Waals surface area contributed by atoms with Crippen molar-refractivity contribution < 1.29 is 4.74 Å². The van der Waals surface area contributed by atoms with Crippen LogP contribution in [0.3, 0.4) is 0 Å². The first-order valence-electron chi connectivity index (χ1n) is 5.73. The van der Waals surface area contributed by atoms with Crippen LogP contribution in [0.15, 0.2) is 27.5 Å². The molecule has 0 spiro atoms. The third-order valence-electron chi connectivity index (χ3n) is 3.01. The van der Waals surface area contributed by atoms with Gasteiger partial charge in [0.25, 0.3) is 5.56 Å². The third-order valence-corrected chi connectivity index (χ3v) is 4.68. The van der Waals surface area contributed by atoms with Gasteiger partial charge in [-0.3, -0.25) is 4.79 Å². The molecule has 0 radical (unpaired) electrons. The minimum absolute atomic E-state index is 0.0419. The summed E-state index contributed by atoms with van der Waals surface area (Å²) in [6, 6.07) is 5.60. The number of aromatic amines is 1. The van der Waals surface area contributed by atoms with E-state index in [0.29, 0.717) is 5.82 Å². The Morgan fingerprint density at radius 2 is 2.26 bits per heavy atom. The summed E-state index contributed by atoms with van der Waals surface area (Å²) in [6.45, 7) is 0. The molecule has 3 rings (SSSR count). The summed E-state index contributed by atoms with van der Waals surface area (Å²) in [4.78, 5) is 19.4. The molecular weight excluding hydrogens is 328 g/mol. The number of nitrogens with one attached hydrogen (secondary N) is 1. The van der Waals surface area contributed by atoms with Crippen LogP contribution in [0.4, 0.5) is 0 Å². The molecule has 0 aliphatic carbocycles. The lowest BCUT2D eigenvalue weighted by molar-refractivity contribution is 0.415. The quantitative estimate of drug-likeness (QED) is 0.914. The molecule has 1 aliphatic rings. The zero-order chi connectivity index (χ0) is 13.4. The van der Waals surface area contributed by atoms with Crippen molar-refractivity contribution in [3.63, 3.8) is 0 Å². The predicted octanol–water partition coefficient (Wildman–Crippen LogP) is 2.95. The van der Waals surface area contributed by atoms with E-state index in [0.717, 1.165) is 38.5 Å². The van der Waals surface area contributed by atoms with Gasteiger partial charge in [0.15, 0.2) is 0 Å². The van der Waals surface area contributed by atoms with Crippen molar-refractivity contribution >= 4 is 27.7 Å². The van der Waals surface area contributed by atoms with Gasteiger partial charge in [0.1, 0.15) is 11.6 Å². The molecule has 1 aromatic heterocycles. The van der Waals surface area contributed by atoms with Crippen molar-refractivity contribution in [3.8, 4) is 17.1 Å². The second-order valence-corrected chi connectivity index (χ2v) is 6.02. The molecule has 19 heavy (non-hydrogen) atoms. The molecule has 4 nitrogen and oxygen atoms in total. The van der Waals surface area contributed by atoms with Crippen molar-refractivity contribution in [1.29, 1.82) is 0 Å². The van der Waals surface area contributed by atoms with E-state index in [1.807, 2.05) is 18.2 Å².